The molecule has 0 aliphatic carbocycles. The molecular formula is C23H24N6O. The minimum absolute atomic E-state index is 0.0356. The van der Waals surface area contributed by atoms with Gasteiger partial charge in [0, 0.05) is 41.8 Å². The molecule has 0 fully saturated rings. The van der Waals surface area contributed by atoms with E-state index in [9.17, 15) is 0 Å². The Labute approximate surface area is 175 Å². The number of hydrogen-bond acceptors (Lipinski definition) is 6. The Balaban J connectivity index is 1.78. The third-order valence-corrected chi connectivity index (χ3v) is 5.11. The maximum absolute atomic E-state index is 8.76. The molecule has 0 aliphatic heterocycles. The van der Waals surface area contributed by atoms with Crippen molar-refractivity contribution in [3.05, 3.63) is 83.3 Å². The Bertz CT molecular complexity index is 1170. The highest BCUT2D eigenvalue weighted by atomic mass is 16.5. The summed E-state index contributed by atoms with van der Waals surface area (Å²) in [6.07, 6.45) is 5.33. The summed E-state index contributed by atoms with van der Waals surface area (Å²) < 4.78 is 7.06. The fourth-order valence-electron chi connectivity index (χ4n) is 3.58. The highest BCUT2D eigenvalue weighted by Gasteiger charge is 2.18. The Morgan fingerprint density at radius 1 is 1.20 bits per heavy atom. The largest absolute Gasteiger partial charge is 0.376 e. The average Bonchev–Trinajstić information content (AvgIpc) is 3.33. The summed E-state index contributed by atoms with van der Waals surface area (Å²) in [6, 6.07) is 11.8. The smallest absolute Gasteiger partial charge is 0.141 e. The molecule has 0 aliphatic rings. The second kappa shape index (κ2) is 7.94. The minimum atomic E-state index is -0.0356. The van der Waals surface area contributed by atoms with Gasteiger partial charge in [-0.25, -0.2) is 0 Å². The van der Waals surface area contributed by atoms with Gasteiger partial charge in [0.15, 0.2) is 0 Å². The van der Waals surface area contributed by atoms with Crippen LogP contribution in [0.3, 0.4) is 0 Å². The molecule has 3 heterocycles. The quantitative estimate of drug-likeness (QED) is 0.459. The van der Waals surface area contributed by atoms with Crippen LogP contribution in [0.1, 0.15) is 41.2 Å². The lowest BCUT2D eigenvalue weighted by Gasteiger charge is -2.19. The van der Waals surface area contributed by atoms with Crippen molar-refractivity contribution < 1.29 is 4.52 Å². The van der Waals surface area contributed by atoms with Gasteiger partial charge < -0.3 is 9.84 Å². The van der Waals surface area contributed by atoms with Crippen LogP contribution in [0.4, 0.5) is 5.69 Å². The van der Waals surface area contributed by atoms with Crippen molar-refractivity contribution >= 4 is 11.4 Å². The van der Waals surface area contributed by atoms with Crippen LogP contribution >= 0.6 is 0 Å². The lowest BCUT2D eigenvalue weighted by Crippen LogP contribution is -2.12. The summed E-state index contributed by atoms with van der Waals surface area (Å²) in [4.78, 5) is 4.46. The fourth-order valence-corrected chi connectivity index (χ4v) is 3.58. The number of pyridine rings is 1. The molecule has 0 unspecified atom stereocenters. The molecule has 7 nitrogen and oxygen atoms in total. The van der Waals surface area contributed by atoms with Crippen LogP contribution in [0.2, 0.25) is 0 Å². The van der Waals surface area contributed by atoms with E-state index in [2.05, 4.69) is 27.5 Å². The molecular weight excluding hydrogens is 376 g/mol. The van der Waals surface area contributed by atoms with Crippen LogP contribution in [0, 0.1) is 19.3 Å². The number of aromatic nitrogens is 4. The van der Waals surface area contributed by atoms with Gasteiger partial charge in [-0.05, 0) is 44.5 Å². The molecule has 4 aromatic rings. The van der Waals surface area contributed by atoms with Crippen LogP contribution < -0.4 is 5.32 Å². The van der Waals surface area contributed by atoms with Crippen LogP contribution in [-0.4, -0.2) is 25.6 Å². The standard InChI is InChI=1S/C23H24N6O/c1-14(20-7-5-6-10-25-20)27-21-11-17(22-15(2)28-30-16(22)3)8-9-19(21)23(24)18-12-26-29(4)13-18/h5-14,24,27H,1-4H3/t14-/m0/s1. The Morgan fingerprint density at radius 2 is 2.03 bits per heavy atom. The summed E-state index contributed by atoms with van der Waals surface area (Å²) in [5.41, 5.74) is 6.54. The Morgan fingerprint density at radius 3 is 2.67 bits per heavy atom. The monoisotopic (exact) mass is 400 g/mol. The molecule has 0 saturated heterocycles. The number of aryl methyl sites for hydroxylation is 3. The molecule has 0 radical (unpaired) electrons. The molecule has 30 heavy (non-hydrogen) atoms. The van der Waals surface area contributed by atoms with Gasteiger partial charge in [0.2, 0.25) is 0 Å². The summed E-state index contributed by atoms with van der Waals surface area (Å²) in [7, 11) is 1.85. The highest BCUT2D eigenvalue weighted by molar-refractivity contribution is 6.14. The van der Waals surface area contributed by atoms with Crippen molar-refractivity contribution in [1.82, 2.24) is 19.9 Å². The van der Waals surface area contributed by atoms with Gasteiger partial charge in [0.05, 0.1) is 29.3 Å². The van der Waals surface area contributed by atoms with E-state index >= 15 is 0 Å². The summed E-state index contributed by atoms with van der Waals surface area (Å²) in [5, 5.41) is 20.6. The molecule has 7 heteroatoms. The topological polar surface area (TPSA) is 92.6 Å². The zero-order chi connectivity index (χ0) is 21.3. The van der Waals surface area contributed by atoms with Gasteiger partial charge in [0.25, 0.3) is 0 Å². The molecule has 0 saturated carbocycles. The average molecular weight is 400 g/mol. The van der Waals surface area contributed by atoms with Gasteiger partial charge in [-0.3, -0.25) is 15.1 Å². The number of rotatable bonds is 6. The summed E-state index contributed by atoms with van der Waals surface area (Å²) in [6.45, 7) is 5.90. The molecule has 1 atom stereocenters. The molecule has 1 aromatic carbocycles. The normalized spacial score (nSPS) is 12.0. The van der Waals surface area contributed by atoms with Crippen molar-refractivity contribution in [3.8, 4) is 11.1 Å². The number of hydrogen-bond donors (Lipinski definition) is 2. The van der Waals surface area contributed by atoms with Gasteiger partial charge in [0.1, 0.15) is 5.76 Å². The third-order valence-electron chi connectivity index (χ3n) is 5.11. The highest BCUT2D eigenvalue weighted by Crippen LogP contribution is 2.33. The number of benzene rings is 1. The van der Waals surface area contributed by atoms with Gasteiger partial charge in [-0.1, -0.05) is 23.4 Å². The van der Waals surface area contributed by atoms with Crippen molar-refractivity contribution in [2.24, 2.45) is 7.05 Å². The van der Waals surface area contributed by atoms with E-state index in [1.54, 1.807) is 17.1 Å². The number of nitrogens with one attached hydrogen (secondary N) is 2. The maximum Gasteiger partial charge on any atom is 0.141 e. The first kappa shape index (κ1) is 19.6. The van der Waals surface area contributed by atoms with E-state index in [0.717, 1.165) is 45.1 Å². The van der Waals surface area contributed by atoms with E-state index in [1.807, 2.05) is 63.5 Å². The van der Waals surface area contributed by atoms with Crippen LogP contribution in [-0.2, 0) is 7.05 Å². The molecule has 3 aromatic heterocycles. The van der Waals surface area contributed by atoms with Crippen molar-refractivity contribution in [1.29, 1.82) is 5.41 Å². The zero-order valence-corrected chi connectivity index (χ0v) is 17.5. The van der Waals surface area contributed by atoms with E-state index in [0.29, 0.717) is 5.71 Å². The van der Waals surface area contributed by atoms with Crippen LogP contribution in [0.25, 0.3) is 11.1 Å². The number of anilines is 1. The third kappa shape index (κ3) is 3.74. The predicted octanol–water partition coefficient (Wildman–Crippen LogP) is 4.68. The maximum atomic E-state index is 8.76. The SMILES string of the molecule is Cc1noc(C)c1-c1ccc(C(=N)c2cnn(C)c2)c(N[C@@H](C)c2ccccn2)c1. The van der Waals surface area contributed by atoms with Gasteiger partial charge in [-0.15, -0.1) is 0 Å². The minimum Gasteiger partial charge on any atom is -0.376 e. The lowest BCUT2D eigenvalue weighted by atomic mass is 9.96. The van der Waals surface area contributed by atoms with Crippen LogP contribution in [0.15, 0.2) is 59.5 Å². The van der Waals surface area contributed by atoms with Gasteiger partial charge in [-0.2, -0.15) is 5.10 Å². The molecule has 0 bridgehead atoms. The Hall–Kier alpha value is -3.74. The number of nitrogens with zero attached hydrogens (tertiary/aromatic N) is 4. The molecule has 0 amide bonds. The fraction of sp³-hybridized carbons (Fsp3) is 0.217. The van der Waals surface area contributed by atoms with Crippen molar-refractivity contribution in [2.45, 2.75) is 26.8 Å². The van der Waals surface area contributed by atoms with Crippen LogP contribution in [0.5, 0.6) is 0 Å². The molecule has 152 valence electrons. The van der Waals surface area contributed by atoms with E-state index in [1.165, 1.54) is 0 Å². The predicted molar refractivity (Wildman–Crippen MR) is 117 cm³/mol. The van der Waals surface area contributed by atoms with Gasteiger partial charge >= 0.3 is 0 Å². The summed E-state index contributed by atoms with van der Waals surface area (Å²) >= 11 is 0. The second-order valence-electron chi connectivity index (χ2n) is 7.36. The van der Waals surface area contributed by atoms with E-state index < -0.39 is 0 Å². The van der Waals surface area contributed by atoms with E-state index in [4.69, 9.17) is 9.93 Å². The van der Waals surface area contributed by atoms with Crippen molar-refractivity contribution in [3.63, 3.8) is 0 Å². The summed E-state index contributed by atoms with van der Waals surface area (Å²) in [5.74, 6) is 0.770. The first-order valence-corrected chi connectivity index (χ1v) is 9.76. The Kier molecular flexibility index (Phi) is 5.18. The van der Waals surface area contributed by atoms with E-state index in [-0.39, 0.29) is 6.04 Å². The zero-order valence-electron chi connectivity index (χ0n) is 17.5. The first-order chi connectivity index (χ1) is 14.4. The second-order valence-corrected chi connectivity index (χ2v) is 7.36. The lowest BCUT2D eigenvalue weighted by molar-refractivity contribution is 0.393. The molecule has 0 spiro atoms. The first-order valence-electron chi connectivity index (χ1n) is 9.76. The molecule has 4 rings (SSSR count). The molecule has 2 N–H and O–H groups in total. The van der Waals surface area contributed by atoms with Crippen molar-refractivity contribution in [2.75, 3.05) is 5.32 Å².